The van der Waals surface area contributed by atoms with Crippen molar-refractivity contribution in [1.82, 2.24) is 0 Å². The lowest BCUT2D eigenvalue weighted by Crippen LogP contribution is -2.23. The molecule has 0 N–H and O–H groups in total. The number of ether oxygens (including phenoxy) is 1. The van der Waals surface area contributed by atoms with Crippen molar-refractivity contribution in [2.24, 2.45) is 16.7 Å². The van der Waals surface area contributed by atoms with Crippen LogP contribution in [0.15, 0.2) is 11.6 Å². The summed E-state index contributed by atoms with van der Waals surface area (Å²) in [5.41, 5.74) is 0.985. The minimum Gasteiger partial charge on any atom is -0.465 e. The van der Waals surface area contributed by atoms with Crippen molar-refractivity contribution in [3.8, 4) is 12.3 Å². The Kier molecular flexibility index (Phi) is 3.71. The van der Waals surface area contributed by atoms with E-state index >= 15 is 0 Å². The molecule has 0 fully saturated rings. The lowest BCUT2D eigenvalue weighted by Gasteiger charge is -2.30. The molecule has 0 aromatic rings. The third-order valence-corrected chi connectivity index (χ3v) is 3.17. The number of carbonyl (C=O) groups excluding carboxylic acids is 1. The van der Waals surface area contributed by atoms with E-state index in [4.69, 9.17) is 11.2 Å². The molecule has 1 atom stereocenters. The third-order valence-electron chi connectivity index (χ3n) is 3.17. The molecule has 1 aliphatic carbocycles. The molecule has 1 rings (SSSR count). The summed E-state index contributed by atoms with van der Waals surface area (Å²) < 4.78 is 5.02. The Morgan fingerprint density at radius 2 is 2.06 bits per heavy atom. The second kappa shape index (κ2) is 4.56. The van der Waals surface area contributed by atoms with Gasteiger partial charge in [-0.15, -0.1) is 12.3 Å². The third kappa shape index (κ3) is 3.36. The van der Waals surface area contributed by atoms with E-state index in [0.717, 1.165) is 6.42 Å². The fourth-order valence-electron chi connectivity index (χ4n) is 2.46. The lowest BCUT2D eigenvalue weighted by molar-refractivity contribution is -0.144. The van der Waals surface area contributed by atoms with E-state index in [1.165, 1.54) is 5.57 Å². The highest BCUT2D eigenvalue weighted by atomic mass is 16.5. The highest BCUT2D eigenvalue weighted by Crippen LogP contribution is 2.49. The lowest BCUT2D eigenvalue weighted by atomic mass is 9.73. The first-order valence-corrected chi connectivity index (χ1v) is 6.10. The molecule has 17 heavy (non-hydrogen) atoms. The summed E-state index contributed by atoms with van der Waals surface area (Å²) in [6.07, 6.45) is 8.38. The first-order valence-electron chi connectivity index (χ1n) is 6.10. The molecule has 0 aliphatic heterocycles. The molecule has 1 aliphatic rings. The molecule has 0 spiro atoms. The summed E-state index contributed by atoms with van der Waals surface area (Å²) >= 11 is 0. The van der Waals surface area contributed by atoms with Crippen LogP contribution in [-0.2, 0) is 9.53 Å². The van der Waals surface area contributed by atoms with Crippen molar-refractivity contribution in [1.29, 1.82) is 0 Å². The Morgan fingerprint density at radius 1 is 1.47 bits per heavy atom. The van der Waals surface area contributed by atoms with Gasteiger partial charge in [0.15, 0.2) is 0 Å². The van der Waals surface area contributed by atoms with Crippen LogP contribution in [0.1, 0.15) is 41.0 Å². The summed E-state index contributed by atoms with van der Waals surface area (Å²) in [6, 6.07) is 0. The quantitative estimate of drug-likeness (QED) is 0.415. The Morgan fingerprint density at radius 3 is 2.53 bits per heavy atom. The molecule has 0 aromatic carbocycles. The summed E-state index contributed by atoms with van der Waals surface area (Å²) in [4.78, 5) is 11.6. The summed E-state index contributed by atoms with van der Waals surface area (Å²) in [5, 5.41) is 0. The van der Waals surface area contributed by atoms with Gasteiger partial charge < -0.3 is 4.74 Å². The van der Waals surface area contributed by atoms with Crippen LogP contribution in [0.3, 0.4) is 0 Å². The smallest absolute Gasteiger partial charge is 0.316 e. The topological polar surface area (TPSA) is 26.3 Å². The van der Waals surface area contributed by atoms with Crippen LogP contribution in [0.25, 0.3) is 0 Å². The zero-order valence-corrected chi connectivity index (χ0v) is 11.5. The monoisotopic (exact) mass is 234 g/mol. The van der Waals surface area contributed by atoms with Gasteiger partial charge in [0.1, 0.15) is 0 Å². The molecule has 0 heterocycles. The van der Waals surface area contributed by atoms with Crippen LogP contribution in [0.5, 0.6) is 0 Å². The van der Waals surface area contributed by atoms with Crippen LogP contribution >= 0.6 is 0 Å². The fraction of sp³-hybridized carbons (Fsp3) is 0.667. The Hall–Kier alpha value is -1.23. The first kappa shape index (κ1) is 13.8. The predicted molar refractivity (Wildman–Crippen MR) is 69.2 cm³/mol. The van der Waals surface area contributed by atoms with Gasteiger partial charge in [0.25, 0.3) is 0 Å². The molecule has 0 amide bonds. The normalized spacial score (nSPS) is 19.3. The van der Waals surface area contributed by atoms with Gasteiger partial charge in [-0.3, -0.25) is 4.79 Å². The standard InChI is InChI=1S/C15H22O2/c1-7-14(3,4)10-15(5,6)12-9-11(12)13(16)17-8-2/h1,9,11H,8,10H2,2-6H3/t11-/m1/s1. The van der Waals surface area contributed by atoms with Gasteiger partial charge in [0.2, 0.25) is 0 Å². The molecule has 0 saturated carbocycles. The molecule has 0 bridgehead atoms. The van der Waals surface area contributed by atoms with E-state index in [1.807, 2.05) is 13.0 Å². The Bertz CT molecular complexity index is 380. The Balaban J connectivity index is 2.61. The van der Waals surface area contributed by atoms with Crippen molar-refractivity contribution in [2.75, 3.05) is 6.61 Å². The van der Waals surface area contributed by atoms with E-state index in [-0.39, 0.29) is 22.7 Å². The number of hydrogen-bond donors (Lipinski definition) is 0. The predicted octanol–water partition coefficient (Wildman–Crippen LogP) is 3.18. The van der Waals surface area contributed by atoms with Crippen molar-refractivity contribution in [2.45, 2.75) is 41.0 Å². The highest BCUT2D eigenvalue weighted by Gasteiger charge is 2.44. The maximum absolute atomic E-state index is 11.6. The fourth-order valence-corrected chi connectivity index (χ4v) is 2.46. The van der Waals surface area contributed by atoms with E-state index in [1.54, 1.807) is 0 Å². The van der Waals surface area contributed by atoms with E-state index in [0.29, 0.717) is 6.61 Å². The summed E-state index contributed by atoms with van der Waals surface area (Å²) in [6.45, 7) is 10.6. The molecule has 0 aromatic heterocycles. The van der Waals surface area contributed by atoms with Crippen LogP contribution in [-0.4, -0.2) is 12.6 Å². The largest absolute Gasteiger partial charge is 0.465 e. The molecular formula is C15H22O2. The summed E-state index contributed by atoms with van der Waals surface area (Å²) in [7, 11) is 0. The number of hydrogen-bond acceptors (Lipinski definition) is 2. The van der Waals surface area contributed by atoms with Gasteiger partial charge in [-0.05, 0) is 38.2 Å². The number of terminal acetylenes is 1. The second-order valence-corrected chi connectivity index (χ2v) is 5.94. The van der Waals surface area contributed by atoms with Crippen molar-refractivity contribution < 1.29 is 9.53 Å². The molecule has 0 saturated heterocycles. The molecule has 2 nitrogen and oxygen atoms in total. The van der Waals surface area contributed by atoms with Gasteiger partial charge in [-0.2, -0.15) is 0 Å². The first-order chi connectivity index (χ1) is 7.73. The average Bonchev–Trinajstić information content (AvgIpc) is 2.96. The zero-order chi connectivity index (χ0) is 13.3. The highest BCUT2D eigenvalue weighted by molar-refractivity contribution is 5.83. The van der Waals surface area contributed by atoms with Crippen molar-refractivity contribution in [3.63, 3.8) is 0 Å². The van der Waals surface area contributed by atoms with E-state index in [2.05, 4.69) is 33.6 Å². The van der Waals surface area contributed by atoms with Crippen LogP contribution < -0.4 is 0 Å². The van der Waals surface area contributed by atoms with Crippen LogP contribution in [0.4, 0.5) is 0 Å². The molecule has 0 radical (unpaired) electrons. The minimum atomic E-state index is -0.147. The van der Waals surface area contributed by atoms with Crippen LogP contribution in [0.2, 0.25) is 0 Å². The van der Waals surface area contributed by atoms with Gasteiger partial charge in [0, 0.05) is 5.41 Å². The van der Waals surface area contributed by atoms with Gasteiger partial charge in [0.05, 0.1) is 12.5 Å². The summed E-state index contributed by atoms with van der Waals surface area (Å²) in [5.74, 6) is 2.56. The van der Waals surface area contributed by atoms with Gasteiger partial charge in [-0.1, -0.05) is 19.9 Å². The maximum atomic E-state index is 11.6. The average molecular weight is 234 g/mol. The van der Waals surface area contributed by atoms with Crippen molar-refractivity contribution in [3.05, 3.63) is 11.6 Å². The molecule has 94 valence electrons. The Labute approximate surface area is 104 Å². The number of carbonyl (C=O) groups is 1. The molecule has 2 heteroatoms. The zero-order valence-electron chi connectivity index (χ0n) is 11.5. The van der Waals surface area contributed by atoms with E-state index < -0.39 is 0 Å². The van der Waals surface area contributed by atoms with E-state index in [9.17, 15) is 4.79 Å². The molecular weight excluding hydrogens is 212 g/mol. The number of esters is 1. The van der Waals surface area contributed by atoms with Gasteiger partial charge in [-0.25, -0.2) is 0 Å². The minimum absolute atomic E-state index is 0.0344. The van der Waals surface area contributed by atoms with Crippen LogP contribution in [0, 0.1) is 29.1 Å². The second-order valence-electron chi connectivity index (χ2n) is 5.94. The maximum Gasteiger partial charge on any atom is 0.316 e. The SMILES string of the molecule is C#CC(C)(C)CC(C)(C)C1=C[C@H]1C(=O)OCC. The van der Waals surface area contributed by atoms with Gasteiger partial charge >= 0.3 is 5.97 Å². The number of rotatable bonds is 5. The molecule has 0 unspecified atom stereocenters. The van der Waals surface area contributed by atoms with Crippen molar-refractivity contribution >= 4 is 5.97 Å².